The summed E-state index contributed by atoms with van der Waals surface area (Å²) in [4.78, 5) is 10.5. The molecule has 19 heavy (non-hydrogen) atoms. The first-order valence-electron chi connectivity index (χ1n) is 5.88. The third kappa shape index (κ3) is 3.96. The number of benzene rings is 1. The molecule has 0 fully saturated rings. The number of hydrogen-bond acceptors (Lipinski definition) is 2. The molecular formula is C15H15N2O2+. The number of hydrogen-bond donors (Lipinski definition) is 2. The highest BCUT2D eigenvalue weighted by molar-refractivity contribution is 5.70. The SMILES string of the molecule is Nc1ccc(/C=C/c2cc[n+](CC(=O)O)cc2)cc1. The van der Waals surface area contributed by atoms with Gasteiger partial charge in [-0.3, -0.25) is 0 Å². The highest BCUT2D eigenvalue weighted by atomic mass is 16.4. The molecular weight excluding hydrogens is 240 g/mol. The van der Waals surface area contributed by atoms with Gasteiger partial charge in [0.25, 0.3) is 0 Å². The van der Waals surface area contributed by atoms with Crippen LogP contribution in [0.15, 0.2) is 48.8 Å². The van der Waals surface area contributed by atoms with Crippen molar-refractivity contribution in [1.29, 1.82) is 0 Å². The fourth-order valence-electron chi connectivity index (χ4n) is 1.64. The van der Waals surface area contributed by atoms with Crippen molar-refractivity contribution in [2.75, 3.05) is 5.73 Å². The molecule has 0 atom stereocenters. The number of nitrogens with two attached hydrogens (primary N) is 1. The summed E-state index contributed by atoms with van der Waals surface area (Å²) in [6.45, 7) is -0.0258. The number of carboxylic acids is 1. The minimum absolute atomic E-state index is 0.0258. The summed E-state index contributed by atoms with van der Waals surface area (Å²) in [5.41, 5.74) is 8.44. The first kappa shape index (κ1) is 12.8. The Bertz CT molecular complexity index is 587. The molecule has 0 spiro atoms. The van der Waals surface area contributed by atoms with E-state index in [9.17, 15) is 4.79 Å². The second kappa shape index (κ2) is 5.82. The van der Waals surface area contributed by atoms with E-state index in [0.717, 1.165) is 16.8 Å². The van der Waals surface area contributed by atoms with Crippen LogP contribution in [-0.2, 0) is 11.3 Å². The van der Waals surface area contributed by atoms with Crippen LogP contribution in [0.1, 0.15) is 11.1 Å². The largest absolute Gasteiger partial charge is 0.477 e. The average Bonchev–Trinajstić information content (AvgIpc) is 2.39. The molecule has 0 saturated carbocycles. The van der Waals surface area contributed by atoms with Crippen LogP contribution in [0.3, 0.4) is 0 Å². The molecule has 2 rings (SSSR count). The zero-order valence-electron chi connectivity index (χ0n) is 10.4. The second-order valence-electron chi connectivity index (χ2n) is 4.20. The van der Waals surface area contributed by atoms with Crippen molar-refractivity contribution < 1.29 is 14.5 Å². The Morgan fingerprint density at radius 3 is 2.11 bits per heavy atom. The van der Waals surface area contributed by atoms with Gasteiger partial charge in [-0.25, -0.2) is 4.79 Å². The summed E-state index contributed by atoms with van der Waals surface area (Å²) in [5.74, 6) is -0.852. The van der Waals surface area contributed by atoms with E-state index in [4.69, 9.17) is 10.8 Å². The molecule has 0 bridgehead atoms. The van der Waals surface area contributed by atoms with Crippen LogP contribution < -0.4 is 10.3 Å². The second-order valence-corrected chi connectivity index (χ2v) is 4.20. The lowest BCUT2D eigenvalue weighted by molar-refractivity contribution is -0.685. The van der Waals surface area contributed by atoms with Gasteiger partial charge in [0.1, 0.15) is 0 Å². The fraction of sp³-hybridized carbons (Fsp3) is 0.0667. The summed E-state index contributed by atoms with van der Waals surface area (Å²) in [6.07, 6.45) is 7.44. The van der Waals surface area contributed by atoms with Crippen molar-refractivity contribution in [1.82, 2.24) is 0 Å². The molecule has 1 aromatic heterocycles. The normalized spacial score (nSPS) is 10.7. The highest BCUT2D eigenvalue weighted by Gasteiger charge is 2.05. The van der Waals surface area contributed by atoms with Crippen molar-refractivity contribution >= 4 is 23.8 Å². The van der Waals surface area contributed by atoms with Crippen molar-refractivity contribution in [3.63, 3.8) is 0 Å². The van der Waals surface area contributed by atoms with E-state index >= 15 is 0 Å². The van der Waals surface area contributed by atoms with Gasteiger partial charge in [0, 0.05) is 17.8 Å². The van der Waals surface area contributed by atoms with Gasteiger partial charge in [0.2, 0.25) is 6.54 Å². The van der Waals surface area contributed by atoms with Crippen molar-refractivity contribution in [2.24, 2.45) is 0 Å². The maximum atomic E-state index is 10.5. The van der Waals surface area contributed by atoms with Gasteiger partial charge in [-0.1, -0.05) is 24.3 Å². The fourth-order valence-corrected chi connectivity index (χ4v) is 1.64. The van der Waals surface area contributed by atoms with E-state index in [1.807, 2.05) is 48.6 Å². The molecule has 96 valence electrons. The first-order chi connectivity index (χ1) is 9.13. The van der Waals surface area contributed by atoms with E-state index in [1.165, 1.54) is 0 Å². The van der Waals surface area contributed by atoms with E-state index in [2.05, 4.69) is 0 Å². The molecule has 4 heteroatoms. The van der Waals surface area contributed by atoms with Crippen LogP contribution in [0.5, 0.6) is 0 Å². The molecule has 0 saturated heterocycles. The van der Waals surface area contributed by atoms with Gasteiger partial charge in [-0.05, 0) is 23.3 Å². The summed E-state index contributed by atoms with van der Waals surface area (Å²) < 4.78 is 1.61. The Labute approximate surface area is 111 Å². The van der Waals surface area contributed by atoms with Gasteiger partial charge in [-0.15, -0.1) is 0 Å². The van der Waals surface area contributed by atoms with Crippen LogP contribution in [0.25, 0.3) is 12.2 Å². The van der Waals surface area contributed by atoms with Gasteiger partial charge >= 0.3 is 5.97 Å². The first-order valence-corrected chi connectivity index (χ1v) is 5.88. The Hall–Kier alpha value is -2.62. The van der Waals surface area contributed by atoms with Crippen LogP contribution >= 0.6 is 0 Å². The lowest BCUT2D eigenvalue weighted by Gasteiger charge is -1.96. The lowest BCUT2D eigenvalue weighted by Crippen LogP contribution is -2.36. The van der Waals surface area contributed by atoms with Crippen LogP contribution in [0.4, 0.5) is 5.69 Å². The molecule has 3 N–H and O–H groups in total. The Morgan fingerprint density at radius 1 is 1.05 bits per heavy atom. The Balaban J connectivity index is 2.06. The standard InChI is InChI=1S/C15H14N2O2/c16-14-5-3-12(4-6-14)1-2-13-7-9-17(10-8-13)11-15(18)19/h1-10,16H,11H2,(H,18,19)/p+1. The van der Waals surface area contributed by atoms with Crippen LogP contribution in [0, 0.1) is 0 Å². The summed E-state index contributed by atoms with van der Waals surface area (Å²) >= 11 is 0. The zero-order valence-corrected chi connectivity index (χ0v) is 10.4. The average molecular weight is 255 g/mol. The number of pyridine rings is 1. The Kier molecular flexibility index (Phi) is 3.93. The monoisotopic (exact) mass is 255 g/mol. The minimum atomic E-state index is -0.852. The maximum Gasteiger partial charge on any atom is 0.370 e. The number of carbonyl (C=O) groups is 1. The smallest absolute Gasteiger partial charge is 0.370 e. The number of carboxylic acid groups (broad SMARTS) is 1. The van der Waals surface area contributed by atoms with Gasteiger partial charge in [-0.2, -0.15) is 4.57 Å². The molecule has 1 aromatic carbocycles. The summed E-state index contributed by atoms with van der Waals surface area (Å²) in [7, 11) is 0. The zero-order chi connectivity index (χ0) is 13.7. The molecule has 4 nitrogen and oxygen atoms in total. The van der Waals surface area contributed by atoms with Gasteiger partial charge in [0.05, 0.1) is 0 Å². The van der Waals surface area contributed by atoms with E-state index in [0.29, 0.717) is 0 Å². The van der Waals surface area contributed by atoms with Crippen LogP contribution in [-0.4, -0.2) is 11.1 Å². The Morgan fingerprint density at radius 2 is 1.58 bits per heavy atom. The summed E-state index contributed by atoms with van der Waals surface area (Å²) in [6, 6.07) is 11.3. The van der Waals surface area contributed by atoms with E-state index in [-0.39, 0.29) is 6.54 Å². The molecule has 2 aromatic rings. The molecule has 0 aliphatic heterocycles. The number of anilines is 1. The minimum Gasteiger partial charge on any atom is -0.477 e. The van der Waals surface area contributed by atoms with Gasteiger partial charge < -0.3 is 10.8 Å². The number of nitrogens with zero attached hydrogens (tertiary/aromatic N) is 1. The molecule has 0 aliphatic carbocycles. The van der Waals surface area contributed by atoms with Crippen LogP contribution in [0.2, 0.25) is 0 Å². The topological polar surface area (TPSA) is 67.2 Å². The number of nitrogen functional groups attached to an aromatic ring is 1. The molecule has 0 aliphatic rings. The van der Waals surface area contributed by atoms with Crippen molar-refractivity contribution in [2.45, 2.75) is 6.54 Å². The predicted octanol–water partition coefficient (Wildman–Crippen LogP) is 1.81. The number of rotatable bonds is 4. The highest BCUT2D eigenvalue weighted by Crippen LogP contribution is 2.09. The quantitative estimate of drug-likeness (QED) is 0.646. The predicted molar refractivity (Wildman–Crippen MR) is 74.1 cm³/mol. The molecule has 0 unspecified atom stereocenters. The van der Waals surface area contributed by atoms with E-state index < -0.39 is 5.97 Å². The number of aliphatic carboxylic acids is 1. The molecule has 0 radical (unpaired) electrons. The van der Waals surface area contributed by atoms with Gasteiger partial charge in [0.15, 0.2) is 12.4 Å². The third-order valence-corrected chi connectivity index (χ3v) is 2.64. The molecule has 0 amide bonds. The summed E-state index contributed by atoms with van der Waals surface area (Å²) in [5, 5.41) is 8.67. The van der Waals surface area contributed by atoms with Crippen molar-refractivity contribution in [3.05, 3.63) is 59.9 Å². The lowest BCUT2D eigenvalue weighted by atomic mass is 10.1. The maximum absolute atomic E-state index is 10.5. The van der Waals surface area contributed by atoms with E-state index in [1.54, 1.807) is 17.0 Å². The number of aromatic nitrogens is 1. The third-order valence-electron chi connectivity index (χ3n) is 2.64. The van der Waals surface area contributed by atoms with Crippen molar-refractivity contribution in [3.8, 4) is 0 Å². The molecule has 1 heterocycles.